The van der Waals surface area contributed by atoms with Crippen LogP contribution in [0.4, 0.5) is 4.39 Å². The van der Waals surface area contributed by atoms with Gasteiger partial charge >= 0.3 is 0 Å². The highest BCUT2D eigenvalue weighted by Gasteiger charge is 2.18. The Kier molecular flexibility index (Phi) is 4.60. The monoisotopic (exact) mass is 499 g/mol. The van der Waals surface area contributed by atoms with Crippen molar-refractivity contribution >= 4 is 53.1 Å². The van der Waals surface area contributed by atoms with Crippen molar-refractivity contribution in [3.8, 4) is 11.3 Å². The van der Waals surface area contributed by atoms with Crippen molar-refractivity contribution in [1.29, 1.82) is 0 Å². The van der Waals surface area contributed by atoms with Gasteiger partial charge < -0.3 is 0 Å². The van der Waals surface area contributed by atoms with Crippen LogP contribution < -0.4 is 0 Å². The number of benzene rings is 5. The third-order valence-corrected chi connectivity index (χ3v) is 8.36. The Balaban J connectivity index is 1.51. The molecule has 0 fully saturated rings. The summed E-state index contributed by atoms with van der Waals surface area (Å²) in [6.45, 7) is 4.07. The van der Waals surface area contributed by atoms with Gasteiger partial charge in [0.1, 0.15) is 5.82 Å². The van der Waals surface area contributed by atoms with Gasteiger partial charge in [-0.25, -0.2) is 4.39 Å². The van der Waals surface area contributed by atoms with Gasteiger partial charge in [0.25, 0.3) is 0 Å². The minimum absolute atomic E-state index is 0.0131. The second kappa shape index (κ2) is 8.50. The van der Waals surface area contributed by atoms with Gasteiger partial charge in [0.15, 0.2) is 0 Å². The minimum Gasteiger partial charge on any atom is -0.253 e. The van der Waals surface area contributed by atoms with Crippen molar-refractivity contribution in [2.75, 3.05) is 0 Å². The van der Waals surface area contributed by atoms with Crippen molar-refractivity contribution in [3.63, 3.8) is 0 Å². The van der Waals surface area contributed by atoms with E-state index in [1.54, 1.807) is 29.5 Å². The molecule has 0 unspecified atom stereocenters. The third kappa shape index (κ3) is 3.61. The number of aryl methyl sites for hydroxylation is 2. The van der Waals surface area contributed by atoms with Gasteiger partial charge in [0.2, 0.25) is 0 Å². The summed E-state index contributed by atoms with van der Waals surface area (Å²) in [6, 6.07) is 30.0. The van der Waals surface area contributed by atoms with Crippen molar-refractivity contribution in [2.45, 2.75) is 20.2 Å². The lowest BCUT2D eigenvalue weighted by Gasteiger charge is -2.09. The molecule has 7 aromatic rings. The fraction of sp³-hybridized carbons (Fsp3) is 0.0882. The first-order valence-electron chi connectivity index (χ1n) is 13.3. The van der Waals surface area contributed by atoms with Crippen molar-refractivity contribution in [1.82, 2.24) is 4.98 Å². The molecule has 0 saturated carbocycles. The van der Waals surface area contributed by atoms with Crippen molar-refractivity contribution in [3.05, 3.63) is 125 Å². The highest BCUT2D eigenvalue weighted by molar-refractivity contribution is 7.27. The van der Waals surface area contributed by atoms with Crippen LogP contribution in [0.1, 0.15) is 25.0 Å². The summed E-state index contributed by atoms with van der Waals surface area (Å²) >= 11 is 1.72. The van der Waals surface area contributed by atoms with E-state index in [0.29, 0.717) is 11.3 Å². The Morgan fingerprint density at radius 3 is 2.32 bits per heavy atom. The molecule has 37 heavy (non-hydrogen) atoms. The Morgan fingerprint density at radius 1 is 0.730 bits per heavy atom. The molecule has 0 N–H and O–H groups in total. The van der Waals surface area contributed by atoms with Gasteiger partial charge in [-0.15, -0.1) is 11.3 Å². The molecule has 5 aromatic carbocycles. The summed E-state index contributed by atoms with van der Waals surface area (Å²) in [7, 11) is 0. The van der Waals surface area contributed by atoms with E-state index in [1.807, 2.05) is 31.2 Å². The van der Waals surface area contributed by atoms with Gasteiger partial charge in [-0.05, 0) is 47.2 Å². The molecule has 0 bridgehead atoms. The average molecular weight is 500 g/mol. The number of fused-ring (bicyclic) bond motifs is 8. The maximum atomic E-state index is 15.1. The fourth-order valence-electron chi connectivity index (χ4n) is 5.27. The molecule has 178 valence electrons. The second-order valence-corrected chi connectivity index (χ2v) is 10.6. The molecule has 3 heteroatoms. The van der Waals surface area contributed by atoms with E-state index in [0.717, 1.165) is 27.4 Å². The van der Waals surface area contributed by atoms with Crippen LogP contribution in [0, 0.1) is 19.7 Å². The van der Waals surface area contributed by atoms with Gasteiger partial charge in [-0.2, -0.15) is 0 Å². The number of thiophene rings is 1. The zero-order chi connectivity index (χ0) is 26.9. The van der Waals surface area contributed by atoms with Crippen LogP contribution in [0.5, 0.6) is 0 Å². The molecule has 2 aromatic heterocycles. The average Bonchev–Trinajstić information content (AvgIpc) is 3.34. The Labute approximate surface area is 221 Å². The maximum absolute atomic E-state index is 15.1. The molecule has 7 rings (SSSR count). The molecule has 1 nitrogen and oxygen atoms in total. The normalized spacial score (nSPS) is 12.9. The quantitative estimate of drug-likeness (QED) is 0.220. The number of nitrogens with zero attached hydrogens (tertiary/aromatic N) is 1. The first-order valence-corrected chi connectivity index (χ1v) is 13.1. The van der Waals surface area contributed by atoms with E-state index in [-0.39, 0.29) is 5.56 Å². The van der Waals surface area contributed by atoms with Crippen LogP contribution in [0.15, 0.2) is 97.2 Å². The number of halogens is 1. The molecule has 0 spiro atoms. The van der Waals surface area contributed by atoms with E-state index < -0.39 is 12.2 Å². The second-order valence-electron chi connectivity index (χ2n) is 9.62. The van der Waals surface area contributed by atoms with E-state index in [9.17, 15) is 0 Å². The molecule has 0 amide bonds. The molecule has 0 aliphatic carbocycles. The first kappa shape index (κ1) is 20.0. The number of pyridine rings is 1. The molecule has 2 heterocycles. The van der Waals surface area contributed by atoms with Crippen LogP contribution >= 0.6 is 11.3 Å². The SMILES string of the molecule is [2H]C([2H])(c1ccc(C)cc1)c1cc(-c2cccc3c2sc2c4ccc(C)cc4c4ccccc4c32)ncc1F. The number of hydrogen-bond donors (Lipinski definition) is 0. The van der Waals surface area contributed by atoms with Gasteiger partial charge in [-0.3, -0.25) is 4.98 Å². The van der Waals surface area contributed by atoms with Crippen molar-refractivity contribution in [2.24, 2.45) is 0 Å². The van der Waals surface area contributed by atoms with E-state index in [2.05, 4.69) is 60.4 Å². The molecule has 0 aliphatic heterocycles. The first-order chi connectivity index (χ1) is 18.8. The lowest BCUT2D eigenvalue weighted by molar-refractivity contribution is 0.608. The van der Waals surface area contributed by atoms with Gasteiger partial charge in [-0.1, -0.05) is 96.1 Å². The van der Waals surface area contributed by atoms with Crippen LogP contribution in [0.2, 0.25) is 0 Å². The van der Waals surface area contributed by atoms with Gasteiger partial charge in [0, 0.05) is 40.2 Å². The van der Waals surface area contributed by atoms with Crippen LogP contribution in [-0.2, 0) is 6.37 Å². The van der Waals surface area contributed by atoms with Crippen LogP contribution in [-0.4, -0.2) is 4.98 Å². The number of aromatic nitrogens is 1. The zero-order valence-electron chi connectivity index (χ0n) is 22.5. The van der Waals surface area contributed by atoms with Gasteiger partial charge in [0.05, 0.1) is 11.9 Å². The topological polar surface area (TPSA) is 12.9 Å². The summed E-state index contributed by atoms with van der Waals surface area (Å²) in [5, 5.41) is 7.21. The fourth-order valence-corrected chi connectivity index (χ4v) is 6.64. The molecule has 0 atom stereocenters. The molecular weight excluding hydrogens is 473 g/mol. The van der Waals surface area contributed by atoms with E-state index >= 15 is 4.39 Å². The number of hydrogen-bond acceptors (Lipinski definition) is 2. The summed E-state index contributed by atoms with van der Waals surface area (Å²) in [5.74, 6) is -0.653. The predicted molar refractivity (Wildman–Crippen MR) is 156 cm³/mol. The molecule has 0 aliphatic rings. The third-order valence-electron chi connectivity index (χ3n) is 7.08. The predicted octanol–water partition coefficient (Wildman–Crippen LogP) is 9.77. The standard InChI is InChI=1S/C34H24FNS/c1-20-10-13-22(14-11-20)17-23-18-31(36-19-30(23)35)27-8-5-9-28-32-25-7-4-3-6-24(25)29-16-21(2)12-15-26(29)34(32)37-33(27)28/h3-16,18-19H,17H2,1-2H3/i17D2. The summed E-state index contributed by atoms with van der Waals surface area (Å²) in [6.07, 6.45) is -0.857. The summed E-state index contributed by atoms with van der Waals surface area (Å²) in [5.41, 5.74) is 4.08. The smallest absolute Gasteiger partial charge is 0.145 e. The lowest BCUT2D eigenvalue weighted by Crippen LogP contribution is -1.96. The van der Waals surface area contributed by atoms with E-state index in [4.69, 9.17) is 2.74 Å². The Hall–Kier alpha value is -4.08. The Bertz CT molecular complexity index is 2080. The number of rotatable bonds is 3. The molecule has 0 saturated heterocycles. The zero-order valence-corrected chi connectivity index (χ0v) is 21.3. The maximum Gasteiger partial charge on any atom is 0.145 e. The summed E-state index contributed by atoms with van der Waals surface area (Å²) < 4.78 is 35.0. The molecule has 0 radical (unpaired) electrons. The molecular formula is C34H24FNS. The van der Waals surface area contributed by atoms with E-state index in [1.165, 1.54) is 37.2 Å². The summed E-state index contributed by atoms with van der Waals surface area (Å²) in [4.78, 5) is 4.45. The highest BCUT2D eigenvalue weighted by atomic mass is 32.1. The Morgan fingerprint density at radius 2 is 1.49 bits per heavy atom. The minimum atomic E-state index is -2.01. The van der Waals surface area contributed by atoms with Crippen LogP contribution in [0.25, 0.3) is 53.0 Å². The van der Waals surface area contributed by atoms with Crippen molar-refractivity contribution < 1.29 is 7.13 Å². The highest BCUT2D eigenvalue weighted by Crippen LogP contribution is 2.46. The van der Waals surface area contributed by atoms with Crippen LogP contribution in [0.3, 0.4) is 0 Å². The lowest BCUT2D eigenvalue weighted by atomic mass is 9.95. The largest absolute Gasteiger partial charge is 0.253 e.